The van der Waals surface area contributed by atoms with Gasteiger partial charge in [-0.2, -0.15) is 0 Å². The van der Waals surface area contributed by atoms with Crippen molar-refractivity contribution in [1.29, 1.82) is 0 Å². The minimum Gasteiger partial charge on any atom is -0.445 e. The van der Waals surface area contributed by atoms with E-state index in [1.54, 1.807) is 0 Å². The van der Waals surface area contributed by atoms with E-state index in [1.807, 2.05) is 74.5 Å². The highest BCUT2D eigenvalue weighted by molar-refractivity contribution is 5.86. The van der Waals surface area contributed by atoms with Crippen LogP contribution in [0.5, 0.6) is 0 Å². The van der Waals surface area contributed by atoms with Crippen LogP contribution in [0.1, 0.15) is 31.4 Å². The Balaban J connectivity index is 1.65. The Morgan fingerprint density at radius 2 is 1.71 bits per heavy atom. The number of rotatable bonds is 8. The smallest absolute Gasteiger partial charge is 0.408 e. The fourth-order valence-corrected chi connectivity index (χ4v) is 3.61. The maximum absolute atomic E-state index is 13.3. The van der Waals surface area contributed by atoms with E-state index in [9.17, 15) is 14.7 Å². The van der Waals surface area contributed by atoms with Crippen LogP contribution in [0.25, 0.3) is 0 Å². The van der Waals surface area contributed by atoms with Gasteiger partial charge < -0.3 is 24.8 Å². The van der Waals surface area contributed by atoms with Gasteiger partial charge in [-0.1, -0.05) is 74.5 Å². The number of amides is 2. The molecule has 7 nitrogen and oxygen atoms in total. The second-order valence-corrected chi connectivity index (χ2v) is 8.14. The van der Waals surface area contributed by atoms with Gasteiger partial charge in [-0.25, -0.2) is 4.79 Å². The zero-order chi connectivity index (χ0) is 22.2. The van der Waals surface area contributed by atoms with Gasteiger partial charge in [-0.05, 0) is 29.9 Å². The molecule has 1 aliphatic rings. The molecule has 3 rings (SSSR count). The topological polar surface area (TPSA) is 88.1 Å². The summed E-state index contributed by atoms with van der Waals surface area (Å²) in [5, 5.41) is 13.0. The lowest BCUT2D eigenvalue weighted by atomic mass is 10.0. The van der Waals surface area contributed by atoms with Crippen molar-refractivity contribution in [2.45, 2.75) is 51.7 Å². The second kappa shape index (κ2) is 10.9. The molecule has 1 aliphatic heterocycles. The van der Waals surface area contributed by atoms with Crippen LogP contribution in [0.15, 0.2) is 60.7 Å². The Labute approximate surface area is 183 Å². The van der Waals surface area contributed by atoms with Gasteiger partial charge in [-0.3, -0.25) is 4.79 Å². The van der Waals surface area contributed by atoms with Gasteiger partial charge in [0.05, 0.1) is 6.04 Å². The number of alkyl carbamates (subject to hydrolysis) is 1. The Morgan fingerprint density at radius 3 is 2.32 bits per heavy atom. The van der Waals surface area contributed by atoms with Gasteiger partial charge in [0.1, 0.15) is 19.4 Å². The van der Waals surface area contributed by atoms with E-state index in [0.717, 1.165) is 11.1 Å². The average molecular weight is 427 g/mol. The van der Waals surface area contributed by atoms with Crippen LogP contribution in [0.4, 0.5) is 4.79 Å². The summed E-state index contributed by atoms with van der Waals surface area (Å²) in [7, 11) is 0. The summed E-state index contributed by atoms with van der Waals surface area (Å²) in [6.07, 6.45) is -0.818. The number of aliphatic hydroxyl groups is 1. The van der Waals surface area contributed by atoms with E-state index < -0.39 is 24.5 Å². The lowest BCUT2D eigenvalue weighted by Crippen LogP contribution is -2.52. The summed E-state index contributed by atoms with van der Waals surface area (Å²) in [6.45, 7) is 4.06. The maximum atomic E-state index is 13.3. The molecule has 2 aromatic rings. The lowest BCUT2D eigenvalue weighted by molar-refractivity contribution is -0.135. The van der Waals surface area contributed by atoms with E-state index in [0.29, 0.717) is 12.8 Å². The first-order valence-electron chi connectivity index (χ1n) is 10.6. The van der Waals surface area contributed by atoms with Gasteiger partial charge in [0.15, 0.2) is 6.29 Å². The van der Waals surface area contributed by atoms with Crippen LogP contribution in [-0.2, 0) is 27.3 Å². The summed E-state index contributed by atoms with van der Waals surface area (Å²) in [5.74, 6) is -0.118. The molecule has 0 aliphatic carbocycles. The van der Waals surface area contributed by atoms with E-state index in [4.69, 9.17) is 9.47 Å². The van der Waals surface area contributed by atoms with Gasteiger partial charge in [0.2, 0.25) is 5.91 Å². The molecule has 2 N–H and O–H groups in total. The average Bonchev–Trinajstić information content (AvgIpc) is 3.12. The molecule has 0 aromatic heterocycles. The first-order chi connectivity index (χ1) is 14.9. The number of carbonyl (C=O) groups excluding carboxylic acids is 2. The molecule has 0 bridgehead atoms. The van der Waals surface area contributed by atoms with Crippen molar-refractivity contribution in [3.8, 4) is 0 Å². The third-order valence-corrected chi connectivity index (χ3v) is 5.19. The first kappa shape index (κ1) is 22.8. The zero-order valence-electron chi connectivity index (χ0n) is 17.9. The third-order valence-electron chi connectivity index (χ3n) is 5.19. The van der Waals surface area contributed by atoms with E-state index in [2.05, 4.69) is 5.32 Å². The number of hydrogen-bond donors (Lipinski definition) is 2. The lowest BCUT2D eigenvalue weighted by Gasteiger charge is -2.29. The largest absolute Gasteiger partial charge is 0.445 e. The highest BCUT2D eigenvalue weighted by Gasteiger charge is 2.40. The predicted molar refractivity (Wildman–Crippen MR) is 116 cm³/mol. The molecular formula is C24H30N2O5. The van der Waals surface area contributed by atoms with Gasteiger partial charge >= 0.3 is 6.09 Å². The number of ether oxygens (including phenoxy) is 2. The fraction of sp³-hybridized carbons (Fsp3) is 0.417. The fourth-order valence-electron chi connectivity index (χ4n) is 3.61. The highest BCUT2D eigenvalue weighted by Crippen LogP contribution is 2.22. The summed E-state index contributed by atoms with van der Waals surface area (Å²) in [4.78, 5) is 27.2. The first-order valence-corrected chi connectivity index (χ1v) is 10.6. The SMILES string of the molecule is CC(C)CC(NC(=O)OCc1ccccc1)C(=O)N1COC(O)C1Cc1ccccc1. The van der Waals surface area contributed by atoms with Crippen molar-refractivity contribution in [1.82, 2.24) is 10.2 Å². The van der Waals surface area contributed by atoms with E-state index in [-0.39, 0.29) is 25.2 Å². The highest BCUT2D eigenvalue weighted by atomic mass is 16.6. The van der Waals surface area contributed by atoms with Crippen LogP contribution in [0.3, 0.4) is 0 Å². The van der Waals surface area contributed by atoms with Crippen molar-refractivity contribution in [3.63, 3.8) is 0 Å². The predicted octanol–water partition coefficient (Wildman–Crippen LogP) is 3.07. The molecule has 3 atom stereocenters. The van der Waals surface area contributed by atoms with Crippen molar-refractivity contribution in [3.05, 3.63) is 71.8 Å². The van der Waals surface area contributed by atoms with Crippen LogP contribution in [0.2, 0.25) is 0 Å². The number of nitrogens with zero attached hydrogens (tertiary/aromatic N) is 1. The monoisotopic (exact) mass is 426 g/mol. The van der Waals surface area contributed by atoms with Crippen LogP contribution in [-0.4, -0.2) is 47.1 Å². The van der Waals surface area contributed by atoms with Crippen molar-refractivity contribution < 1.29 is 24.2 Å². The Kier molecular flexibility index (Phi) is 8.03. The van der Waals surface area contributed by atoms with Gasteiger partial charge in [0.25, 0.3) is 0 Å². The summed E-state index contributed by atoms with van der Waals surface area (Å²) in [5.41, 5.74) is 1.86. The van der Waals surface area contributed by atoms with Crippen molar-refractivity contribution in [2.24, 2.45) is 5.92 Å². The molecule has 1 fully saturated rings. The molecule has 166 valence electrons. The third kappa shape index (κ3) is 6.54. The van der Waals surface area contributed by atoms with Gasteiger partial charge in [0, 0.05) is 0 Å². The zero-order valence-corrected chi connectivity index (χ0v) is 17.9. The standard InChI is InChI=1S/C24H30N2O5/c1-17(2)13-20(25-24(29)30-15-19-11-7-4-8-12-19)22(27)26-16-31-23(28)21(26)14-18-9-5-3-6-10-18/h3-12,17,20-21,23,28H,13-16H2,1-2H3,(H,25,29). The molecular weight excluding hydrogens is 396 g/mol. The number of benzene rings is 2. The molecule has 1 heterocycles. The number of nitrogens with one attached hydrogen (secondary N) is 1. The summed E-state index contributed by atoms with van der Waals surface area (Å²) < 4.78 is 10.6. The molecule has 0 radical (unpaired) electrons. The number of aliphatic hydroxyl groups excluding tert-OH is 1. The van der Waals surface area contributed by atoms with Crippen LogP contribution in [0, 0.1) is 5.92 Å². The molecule has 31 heavy (non-hydrogen) atoms. The Hall–Kier alpha value is -2.90. The quantitative estimate of drug-likeness (QED) is 0.677. The summed E-state index contributed by atoms with van der Waals surface area (Å²) >= 11 is 0. The Bertz CT molecular complexity index is 844. The number of carbonyl (C=O) groups is 2. The molecule has 2 aromatic carbocycles. The maximum Gasteiger partial charge on any atom is 0.408 e. The molecule has 0 spiro atoms. The summed E-state index contributed by atoms with van der Waals surface area (Å²) in [6, 6.07) is 17.7. The van der Waals surface area contributed by atoms with E-state index >= 15 is 0 Å². The molecule has 7 heteroatoms. The normalized spacial score (nSPS) is 19.3. The minimum absolute atomic E-state index is 0.0210. The van der Waals surface area contributed by atoms with Gasteiger partial charge in [-0.15, -0.1) is 0 Å². The molecule has 2 amide bonds. The molecule has 1 saturated heterocycles. The minimum atomic E-state index is -1.08. The second-order valence-electron chi connectivity index (χ2n) is 8.14. The number of hydrogen-bond acceptors (Lipinski definition) is 5. The van der Waals surface area contributed by atoms with E-state index in [1.165, 1.54) is 4.90 Å². The Morgan fingerprint density at radius 1 is 1.10 bits per heavy atom. The van der Waals surface area contributed by atoms with Crippen molar-refractivity contribution in [2.75, 3.05) is 6.73 Å². The molecule has 3 unspecified atom stereocenters. The van der Waals surface area contributed by atoms with Crippen molar-refractivity contribution >= 4 is 12.0 Å². The van der Waals surface area contributed by atoms with Crippen LogP contribution >= 0.6 is 0 Å². The molecule has 0 saturated carbocycles. The van der Waals surface area contributed by atoms with Crippen LogP contribution < -0.4 is 5.32 Å².